The summed E-state index contributed by atoms with van der Waals surface area (Å²) < 4.78 is 11.4. The van der Waals surface area contributed by atoms with Gasteiger partial charge in [0.15, 0.2) is 6.61 Å². The zero-order chi connectivity index (χ0) is 14.4. The van der Waals surface area contributed by atoms with Crippen molar-refractivity contribution in [2.24, 2.45) is 0 Å². The van der Waals surface area contributed by atoms with Crippen molar-refractivity contribution in [2.75, 3.05) is 26.9 Å². The van der Waals surface area contributed by atoms with Crippen molar-refractivity contribution >= 4 is 32.6 Å². The molecule has 106 valence electrons. The maximum absolute atomic E-state index is 11.5. The Balaban J connectivity index is 1.93. The summed E-state index contributed by atoms with van der Waals surface area (Å²) in [4.78, 5) is 11.5. The minimum atomic E-state index is -0.155. The molecule has 0 aliphatic carbocycles. The van der Waals surface area contributed by atoms with E-state index in [1.807, 2.05) is 36.4 Å². The molecule has 0 aromatic heterocycles. The first kappa shape index (κ1) is 14.8. The SMILES string of the molecule is COCCNC(=O)COc1ccc2cc(Br)ccc2c1. The zero-order valence-electron chi connectivity index (χ0n) is 11.2. The highest BCUT2D eigenvalue weighted by molar-refractivity contribution is 9.10. The Hall–Kier alpha value is -1.59. The average molecular weight is 338 g/mol. The fraction of sp³-hybridized carbons (Fsp3) is 0.267. The van der Waals surface area contributed by atoms with Crippen LogP contribution >= 0.6 is 15.9 Å². The molecule has 0 saturated carbocycles. The second-order valence-corrected chi connectivity index (χ2v) is 5.20. The Labute approximate surface area is 126 Å². The van der Waals surface area contributed by atoms with Crippen LogP contribution in [0.5, 0.6) is 5.75 Å². The van der Waals surface area contributed by atoms with Crippen LogP contribution in [-0.4, -0.2) is 32.8 Å². The molecule has 0 fully saturated rings. The van der Waals surface area contributed by atoms with Crippen molar-refractivity contribution < 1.29 is 14.3 Å². The summed E-state index contributed by atoms with van der Waals surface area (Å²) in [5.74, 6) is 0.527. The van der Waals surface area contributed by atoms with Crippen LogP contribution in [0.25, 0.3) is 10.8 Å². The molecule has 5 heteroatoms. The van der Waals surface area contributed by atoms with E-state index in [1.54, 1.807) is 7.11 Å². The van der Waals surface area contributed by atoms with Gasteiger partial charge in [0.1, 0.15) is 5.75 Å². The van der Waals surface area contributed by atoms with E-state index in [1.165, 1.54) is 0 Å². The van der Waals surface area contributed by atoms with Gasteiger partial charge in [-0.25, -0.2) is 0 Å². The van der Waals surface area contributed by atoms with E-state index < -0.39 is 0 Å². The van der Waals surface area contributed by atoms with E-state index in [9.17, 15) is 4.79 Å². The van der Waals surface area contributed by atoms with Crippen LogP contribution in [0.1, 0.15) is 0 Å². The first-order valence-corrected chi connectivity index (χ1v) is 7.06. The molecule has 0 bridgehead atoms. The van der Waals surface area contributed by atoms with Gasteiger partial charge < -0.3 is 14.8 Å². The monoisotopic (exact) mass is 337 g/mol. The predicted octanol–water partition coefficient (Wildman–Crippen LogP) is 2.74. The first-order valence-electron chi connectivity index (χ1n) is 6.27. The van der Waals surface area contributed by atoms with Gasteiger partial charge in [-0.3, -0.25) is 4.79 Å². The molecule has 20 heavy (non-hydrogen) atoms. The third-order valence-electron chi connectivity index (χ3n) is 2.77. The summed E-state index contributed by atoms with van der Waals surface area (Å²) in [6.45, 7) is 0.993. The highest BCUT2D eigenvalue weighted by atomic mass is 79.9. The second-order valence-electron chi connectivity index (χ2n) is 4.28. The normalized spacial score (nSPS) is 10.5. The Morgan fingerprint density at radius 1 is 1.20 bits per heavy atom. The molecule has 0 aliphatic heterocycles. The van der Waals surface area contributed by atoms with Gasteiger partial charge in [0.25, 0.3) is 5.91 Å². The number of hydrogen-bond donors (Lipinski definition) is 1. The van der Waals surface area contributed by atoms with E-state index in [2.05, 4.69) is 21.2 Å². The summed E-state index contributed by atoms with van der Waals surface area (Å²) in [6, 6.07) is 11.8. The van der Waals surface area contributed by atoms with Crippen LogP contribution < -0.4 is 10.1 Å². The number of fused-ring (bicyclic) bond motifs is 1. The van der Waals surface area contributed by atoms with Gasteiger partial charge in [-0.2, -0.15) is 0 Å². The third-order valence-corrected chi connectivity index (χ3v) is 3.27. The highest BCUT2D eigenvalue weighted by Crippen LogP contribution is 2.23. The number of carbonyl (C=O) groups excluding carboxylic acids is 1. The minimum Gasteiger partial charge on any atom is -0.484 e. The number of hydrogen-bond acceptors (Lipinski definition) is 3. The first-order chi connectivity index (χ1) is 9.69. The van der Waals surface area contributed by atoms with E-state index in [0.717, 1.165) is 15.2 Å². The summed E-state index contributed by atoms with van der Waals surface area (Å²) in [6.07, 6.45) is 0. The lowest BCUT2D eigenvalue weighted by Gasteiger charge is -2.08. The van der Waals surface area contributed by atoms with E-state index in [0.29, 0.717) is 18.9 Å². The van der Waals surface area contributed by atoms with E-state index >= 15 is 0 Å². The average Bonchev–Trinajstić information content (AvgIpc) is 2.45. The second kappa shape index (κ2) is 7.26. The number of nitrogens with one attached hydrogen (secondary N) is 1. The molecule has 0 heterocycles. The summed E-state index contributed by atoms with van der Waals surface area (Å²) in [5, 5.41) is 4.90. The lowest BCUT2D eigenvalue weighted by molar-refractivity contribution is -0.123. The number of amides is 1. The molecule has 2 aromatic rings. The van der Waals surface area contributed by atoms with Crippen LogP contribution in [0.4, 0.5) is 0 Å². The molecule has 0 aliphatic rings. The van der Waals surface area contributed by atoms with Crippen molar-refractivity contribution in [3.05, 3.63) is 40.9 Å². The Morgan fingerprint density at radius 3 is 2.75 bits per heavy atom. The van der Waals surface area contributed by atoms with Crippen LogP contribution in [0, 0.1) is 0 Å². The lowest BCUT2D eigenvalue weighted by Crippen LogP contribution is -2.31. The smallest absolute Gasteiger partial charge is 0.258 e. The van der Waals surface area contributed by atoms with Crippen molar-refractivity contribution in [1.29, 1.82) is 0 Å². The van der Waals surface area contributed by atoms with Crippen LogP contribution in [0.15, 0.2) is 40.9 Å². The number of benzene rings is 2. The minimum absolute atomic E-state index is 0.00570. The number of halogens is 1. The maximum atomic E-state index is 11.5. The molecule has 0 spiro atoms. The van der Waals surface area contributed by atoms with Gasteiger partial charge >= 0.3 is 0 Å². The fourth-order valence-corrected chi connectivity index (χ4v) is 2.16. The predicted molar refractivity (Wildman–Crippen MR) is 82.0 cm³/mol. The zero-order valence-corrected chi connectivity index (χ0v) is 12.8. The molecule has 0 radical (unpaired) electrons. The molecule has 1 N–H and O–H groups in total. The van der Waals surface area contributed by atoms with Crippen LogP contribution in [0.3, 0.4) is 0 Å². The van der Waals surface area contributed by atoms with Crippen molar-refractivity contribution in [3.8, 4) is 5.75 Å². The van der Waals surface area contributed by atoms with E-state index in [-0.39, 0.29) is 12.5 Å². The molecular weight excluding hydrogens is 322 g/mol. The lowest BCUT2D eigenvalue weighted by atomic mass is 10.1. The summed E-state index contributed by atoms with van der Waals surface area (Å²) >= 11 is 3.44. The Morgan fingerprint density at radius 2 is 1.95 bits per heavy atom. The van der Waals surface area contributed by atoms with Crippen LogP contribution in [-0.2, 0) is 9.53 Å². The van der Waals surface area contributed by atoms with Gasteiger partial charge in [-0.15, -0.1) is 0 Å². The molecule has 2 aromatic carbocycles. The largest absolute Gasteiger partial charge is 0.484 e. The molecule has 0 saturated heterocycles. The Kier molecular flexibility index (Phi) is 5.38. The van der Waals surface area contributed by atoms with E-state index in [4.69, 9.17) is 9.47 Å². The molecule has 0 atom stereocenters. The van der Waals surface area contributed by atoms with Gasteiger partial charge in [0, 0.05) is 18.1 Å². The fourth-order valence-electron chi connectivity index (χ4n) is 1.78. The molecule has 1 amide bonds. The summed E-state index contributed by atoms with van der Waals surface area (Å²) in [7, 11) is 1.59. The Bertz CT molecular complexity index is 601. The topological polar surface area (TPSA) is 47.6 Å². The maximum Gasteiger partial charge on any atom is 0.258 e. The molecule has 2 rings (SSSR count). The van der Waals surface area contributed by atoms with Gasteiger partial charge in [-0.05, 0) is 35.0 Å². The van der Waals surface area contributed by atoms with Gasteiger partial charge in [0.2, 0.25) is 0 Å². The summed E-state index contributed by atoms with van der Waals surface area (Å²) in [5.41, 5.74) is 0. The number of methoxy groups -OCH3 is 1. The van der Waals surface area contributed by atoms with Crippen molar-refractivity contribution in [2.45, 2.75) is 0 Å². The number of ether oxygens (including phenoxy) is 2. The number of carbonyl (C=O) groups is 1. The van der Waals surface area contributed by atoms with Crippen molar-refractivity contribution in [3.63, 3.8) is 0 Å². The standard InChI is InChI=1S/C15H16BrNO3/c1-19-7-6-17-15(18)10-20-14-5-3-11-8-13(16)4-2-12(11)9-14/h2-5,8-9H,6-7,10H2,1H3,(H,17,18). The van der Waals surface area contributed by atoms with Crippen LogP contribution in [0.2, 0.25) is 0 Å². The quantitative estimate of drug-likeness (QED) is 0.824. The molecule has 4 nitrogen and oxygen atoms in total. The highest BCUT2D eigenvalue weighted by Gasteiger charge is 2.03. The molecular formula is C15H16BrNO3. The van der Waals surface area contributed by atoms with Crippen molar-refractivity contribution in [1.82, 2.24) is 5.32 Å². The van der Waals surface area contributed by atoms with Gasteiger partial charge in [-0.1, -0.05) is 28.1 Å². The van der Waals surface area contributed by atoms with Gasteiger partial charge in [0.05, 0.1) is 6.61 Å². The molecule has 0 unspecified atom stereocenters. The third kappa shape index (κ3) is 4.21. The number of rotatable bonds is 6.